The molecular weight excluding hydrogens is 543 g/mol. The highest BCUT2D eigenvalue weighted by atomic mass is 32.1. The van der Waals surface area contributed by atoms with Crippen molar-refractivity contribution in [1.82, 2.24) is 15.2 Å². The molecule has 0 saturated carbocycles. The highest BCUT2D eigenvalue weighted by Crippen LogP contribution is 2.29. The number of hydrogen-bond acceptors (Lipinski definition) is 7. The van der Waals surface area contributed by atoms with Crippen LogP contribution in [0.25, 0.3) is 10.9 Å². The number of aromatic nitrogens is 1. The summed E-state index contributed by atoms with van der Waals surface area (Å²) in [7, 11) is 0. The second kappa shape index (κ2) is 14.1. The minimum absolute atomic E-state index is 0.0701. The lowest BCUT2D eigenvalue weighted by Gasteiger charge is -2.24. The minimum Gasteiger partial charge on any atom is -0.352 e. The van der Waals surface area contributed by atoms with Crippen LogP contribution in [-0.4, -0.2) is 58.5 Å². The molecule has 0 fully saturated rings. The van der Waals surface area contributed by atoms with Gasteiger partial charge in [0.05, 0.1) is 40.7 Å². The number of alkyl halides is 3. The van der Waals surface area contributed by atoms with Crippen molar-refractivity contribution in [3.05, 3.63) is 71.9 Å². The SMILES string of the molecule is NCCN(CN)C(=S)CC[C@H](N)C(=O)N[C@H](Cc1ccc(C(F)(F)F)cc1)C(=O)Nc1cnc2ccccc2c1. The molecule has 0 unspecified atom stereocenters. The summed E-state index contributed by atoms with van der Waals surface area (Å²) in [4.78, 5) is 32.8. The predicted molar refractivity (Wildman–Crippen MR) is 152 cm³/mol. The van der Waals surface area contributed by atoms with Gasteiger partial charge in [0.1, 0.15) is 6.04 Å². The van der Waals surface area contributed by atoms with E-state index in [4.69, 9.17) is 29.4 Å². The summed E-state index contributed by atoms with van der Waals surface area (Å²) in [5, 5.41) is 6.16. The van der Waals surface area contributed by atoms with Gasteiger partial charge < -0.3 is 32.7 Å². The number of amides is 2. The van der Waals surface area contributed by atoms with E-state index in [1.165, 1.54) is 18.3 Å². The molecule has 0 saturated heterocycles. The molecule has 2 amide bonds. The number of nitrogens with two attached hydrogens (primary N) is 3. The van der Waals surface area contributed by atoms with Gasteiger partial charge in [0.25, 0.3) is 0 Å². The van der Waals surface area contributed by atoms with Gasteiger partial charge in [-0.1, -0.05) is 42.5 Å². The maximum atomic E-state index is 13.3. The summed E-state index contributed by atoms with van der Waals surface area (Å²) in [5.41, 5.74) is 18.1. The first-order valence-corrected chi connectivity index (χ1v) is 13.0. The van der Waals surface area contributed by atoms with Gasteiger partial charge in [-0.05, 0) is 42.7 Å². The summed E-state index contributed by atoms with van der Waals surface area (Å²) < 4.78 is 39.0. The van der Waals surface area contributed by atoms with Crippen LogP contribution in [0.1, 0.15) is 24.0 Å². The molecule has 0 aliphatic rings. The van der Waals surface area contributed by atoms with Crippen LogP contribution >= 0.6 is 12.2 Å². The molecule has 0 radical (unpaired) electrons. The van der Waals surface area contributed by atoms with Crippen molar-refractivity contribution in [2.24, 2.45) is 17.2 Å². The second-order valence-electron chi connectivity index (χ2n) is 9.14. The lowest BCUT2D eigenvalue weighted by molar-refractivity contribution is -0.137. The van der Waals surface area contributed by atoms with Gasteiger partial charge in [-0.2, -0.15) is 13.2 Å². The number of fused-ring (bicyclic) bond motifs is 1. The molecule has 8 N–H and O–H groups in total. The number of nitrogens with zero attached hydrogens (tertiary/aromatic N) is 2. The molecular formula is C27H32F3N7O2S. The Morgan fingerprint density at radius 1 is 1.05 bits per heavy atom. The fourth-order valence-electron chi connectivity index (χ4n) is 3.96. The van der Waals surface area contributed by atoms with Crippen molar-refractivity contribution in [2.45, 2.75) is 37.5 Å². The Labute approximate surface area is 235 Å². The van der Waals surface area contributed by atoms with Crippen LogP contribution in [0.4, 0.5) is 18.9 Å². The van der Waals surface area contributed by atoms with Crippen LogP contribution in [-0.2, 0) is 22.2 Å². The molecule has 2 atom stereocenters. The van der Waals surface area contributed by atoms with Gasteiger partial charge >= 0.3 is 6.18 Å². The number of para-hydroxylation sites is 1. The maximum absolute atomic E-state index is 13.3. The fourth-order valence-corrected chi connectivity index (χ4v) is 4.25. The molecule has 214 valence electrons. The van der Waals surface area contributed by atoms with E-state index in [1.807, 2.05) is 24.3 Å². The van der Waals surface area contributed by atoms with Crippen molar-refractivity contribution in [3.63, 3.8) is 0 Å². The monoisotopic (exact) mass is 575 g/mol. The molecule has 0 spiro atoms. The van der Waals surface area contributed by atoms with Crippen LogP contribution in [0.15, 0.2) is 60.8 Å². The third kappa shape index (κ3) is 8.68. The molecule has 0 aliphatic heterocycles. The Kier molecular flexibility index (Phi) is 10.9. The van der Waals surface area contributed by atoms with Gasteiger partial charge in [-0.25, -0.2) is 0 Å². The largest absolute Gasteiger partial charge is 0.416 e. The Morgan fingerprint density at radius 3 is 2.40 bits per heavy atom. The number of carbonyl (C=O) groups is 2. The molecule has 1 aromatic heterocycles. The normalized spacial score (nSPS) is 12.9. The number of thiocarbonyl (C=S) groups is 1. The van der Waals surface area contributed by atoms with Crippen LogP contribution in [0.5, 0.6) is 0 Å². The molecule has 3 aromatic rings. The van der Waals surface area contributed by atoms with Crippen LogP contribution in [0, 0.1) is 0 Å². The summed E-state index contributed by atoms with van der Waals surface area (Å²) in [5.74, 6) is -1.19. The Hall–Kier alpha value is -3.65. The average molecular weight is 576 g/mol. The first-order valence-electron chi connectivity index (χ1n) is 12.6. The zero-order valence-corrected chi connectivity index (χ0v) is 22.5. The maximum Gasteiger partial charge on any atom is 0.416 e. The highest BCUT2D eigenvalue weighted by molar-refractivity contribution is 7.80. The average Bonchev–Trinajstić information content (AvgIpc) is 2.93. The highest BCUT2D eigenvalue weighted by Gasteiger charge is 2.30. The number of hydrogen-bond donors (Lipinski definition) is 5. The topological polar surface area (TPSA) is 152 Å². The molecule has 13 heteroatoms. The molecule has 9 nitrogen and oxygen atoms in total. The minimum atomic E-state index is -4.50. The third-order valence-electron chi connectivity index (χ3n) is 6.19. The number of anilines is 1. The van der Waals surface area contributed by atoms with Crippen molar-refractivity contribution in [3.8, 4) is 0 Å². The lowest BCUT2D eigenvalue weighted by Crippen LogP contribution is -2.51. The molecule has 40 heavy (non-hydrogen) atoms. The number of pyridine rings is 1. The van der Waals surface area contributed by atoms with E-state index in [2.05, 4.69) is 15.6 Å². The zero-order valence-electron chi connectivity index (χ0n) is 21.7. The smallest absolute Gasteiger partial charge is 0.352 e. The van der Waals surface area contributed by atoms with E-state index in [9.17, 15) is 22.8 Å². The first-order chi connectivity index (χ1) is 19.0. The zero-order chi connectivity index (χ0) is 29.3. The third-order valence-corrected chi connectivity index (χ3v) is 6.65. The summed E-state index contributed by atoms with van der Waals surface area (Å²) >= 11 is 5.36. The van der Waals surface area contributed by atoms with Crippen LogP contribution in [0.2, 0.25) is 0 Å². The van der Waals surface area contributed by atoms with E-state index < -0.39 is 35.6 Å². The summed E-state index contributed by atoms with van der Waals surface area (Å²) in [6, 6.07) is 11.3. The summed E-state index contributed by atoms with van der Waals surface area (Å²) in [6.45, 7) is 1.00. The van der Waals surface area contributed by atoms with E-state index in [-0.39, 0.29) is 19.5 Å². The van der Waals surface area contributed by atoms with E-state index in [0.29, 0.717) is 35.7 Å². The quantitative estimate of drug-likeness (QED) is 0.163. The first kappa shape index (κ1) is 30.9. The Balaban J connectivity index is 1.74. The van der Waals surface area contributed by atoms with Crippen molar-refractivity contribution < 1.29 is 22.8 Å². The lowest BCUT2D eigenvalue weighted by atomic mass is 10.0. The Bertz CT molecular complexity index is 1320. The molecule has 0 aliphatic carbocycles. The Morgan fingerprint density at radius 2 is 1.75 bits per heavy atom. The number of rotatable bonds is 12. The van der Waals surface area contributed by atoms with Gasteiger partial charge in [-0.3, -0.25) is 14.6 Å². The summed E-state index contributed by atoms with van der Waals surface area (Å²) in [6.07, 6.45) is -2.59. The molecule has 1 heterocycles. The number of carbonyl (C=O) groups excluding carboxylic acids is 2. The van der Waals surface area contributed by atoms with Gasteiger partial charge in [0, 0.05) is 24.9 Å². The van der Waals surface area contributed by atoms with Gasteiger partial charge in [-0.15, -0.1) is 0 Å². The fraction of sp³-hybridized carbons (Fsp3) is 0.333. The van der Waals surface area contributed by atoms with Crippen LogP contribution in [0.3, 0.4) is 0 Å². The second-order valence-corrected chi connectivity index (χ2v) is 9.61. The van der Waals surface area contributed by atoms with Crippen molar-refractivity contribution in [1.29, 1.82) is 0 Å². The number of nitrogens with one attached hydrogen (secondary N) is 2. The van der Waals surface area contributed by atoms with Crippen LogP contribution < -0.4 is 27.8 Å². The molecule has 3 rings (SSSR count). The molecule has 0 bridgehead atoms. The van der Waals surface area contributed by atoms with E-state index in [1.54, 1.807) is 11.0 Å². The standard InChI is InChI=1S/C27H32F3N7O2S/c28-27(29,30)19-7-5-17(6-8-19)13-23(26(39)35-20-14-18-3-1-2-4-22(18)34-15-20)36-25(38)21(33)9-10-24(40)37(16-32)12-11-31/h1-8,14-15,21,23H,9-13,16,31-33H2,(H,35,39)(H,36,38)/t21-,23+/m0/s1. The molecule has 2 aromatic carbocycles. The van der Waals surface area contributed by atoms with E-state index >= 15 is 0 Å². The van der Waals surface area contributed by atoms with Crippen molar-refractivity contribution in [2.75, 3.05) is 25.1 Å². The van der Waals surface area contributed by atoms with E-state index in [0.717, 1.165) is 23.0 Å². The van der Waals surface area contributed by atoms with Crippen molar-refractivity contribution >= 4 is 45.6 Å². The number of benzene rings is 2. The number of halogens is 3. The predicted octanol–water partition coefficient (Wildman–Crippen LogP) is 2.53. The van der Waals surface area contributed by atoms with Gasteiger partial charge in [0.15, 0.2) is 0 Å². The van der Waals surface area contributed by atoms with Gasteiger partial charge in [0.2, 0.25) is 11.8 Å².